The van der Waals surface area contributed by atoms with Gasteiger partial charge in [0, 0.05) is 0 Å². The van der Waals surface area contributed by atoms with E-state index in [1.54, 1.807) is 48.5 Å². The third kappa shape index (κ3) is 2.82. The van der Waals surface area contributed by atoms with E-state index in [4.69, 9.17) is 21.2 Å². The van der Waals surface area contributed by atoms with Gasteiger partial charge >= 0.3 is 0 Å². The van der Waals surface area contributed by atoms with Crippen molar-refractivity contribution in [1.29, 1.82) is 0 Å². The second kappa shape index (κ2) is 7.01. The summed E-state index contributed by atoms with van der Waals surface area (Å²) in [5, 5.41) is 1.09. The molecule has 0 bridgehead atoms. The molecule has 0 radical (unpaired) electrons. The van der Waals surface area contributed by atoms with Gasteiger partial charge in [0.2, 0.25) is 0 Å². The van der Waals surface area contributed by atoms with Gasteiger partial charge in [-0.15, -0.1) is 0 Å². The lowest BCUT2D eigenvalue weighted by atomic mass is 10.1. The predicted octanol–water partition coefficient (Wildman–Crippen LogP) is 2.21. The van der Waals surface area contributed by atoms with Crippen LogP contribution in [-0.2, 0) is 0 Å². The normalized spacial score (nSPS) is 14.7. The van der Waals surface area contributed by atoms with E-state index >= 15 is 0 Å². The summed E-state index contributed by atoms with van der Waals surface area (Å²) in [4.78, 5) is 48.6. The van der Waals surface area contributed by atoms with Crippen LogP contribution in [0.3, 0.4) is 0 Å². The number of ether oxygens (including phenoxy) is 2. The van der Waals surface area contributed by atoms with E-state index in [-0.39, 0.29) is 33.8 Å². The fourth-order valence-electron chi connectivity index (χ4n) is 3.54. The highest BCUT2D eigenvalue weighted by molar-refractivity contribution is 6.22. The van der Waals surface area contributed by atoms with Crippen molar-refractivity contribution in [3.05, 3.63) is 82.9 Å². The van der Waals surface area contributed by atoms with Crippen molar-refractivity contribution in [1.82, 2.24) is 10.0 Å². The fourth-order valence-corrected chi connectivity index (χ4v) is 3.54. The first-order chi connectivity index (χ1) is 15.4. The highest BCUT2D eigenvalue weighted by Crippen LogP contribution is 2.35. The Morgan fingerprint density at radius 2 is 0.906 bits per heavy atom. The number of nitrogens with zero attached hydrogens (tertiary/aromatic N) is 2. The van der Waals surface area contributed by atoms with Crippen molar-refractivity contribution in [2.45, 2.75) is 0 Å². The lowest BCUT2D eigenvalue weighted by Crippen LogP contribution is -2.36. The molecule has 2 aliphatic rings. The molecular formula is C22H14N4O6. The predicted molar refractivity (Wildman–Crippen MR) is 109 cm³/mol. The number of nitrogens with two attached hydrogens (primary N) is 2. The maximum atomic E-state index is 12.3. The molecule has 4 N–H and O–H groups in total. The van der Waals surface area contributed by atoms with Gasteiger partial charge in [-0.1, -0.05) is 12.1 Å². The number of rotatable bonds is 4. The molecule has 0 fully saturated rings. The fraction of sp³-hybridized carbons (Fsp3) is 0. The van der Waals surface area contributed by atoms with Crippen LogP contribution in [0.2, 0.25) is 0 Å². The van der Waals surface area contributed by atoms with E-state index in [9.17, 15) is 19.2 Å². The maximum absolute atomic E-state index is 12.3. The van der Waals surface area contributed by atoms with Crippen LogP contribution < -0.4 is 21.2 Å². The summed E-state index contributed by atoms with van der Waals surface area (Å²) in [5.41, 5.74) is 0.520. The Morgan fingerprint density at radius 1 is 0.531 bits per heavy atom. The Hall–Kier alpha value is -4.54. The van der Waals surface area contributed by atoms with Crippen LogP contribution in [-0.4, -0.2) is 33.6 Å². The van der Waals surface area contributed by atoms with Gasteiger partial charge in [-0.05, 0) is 48.5 Å². The van der Waals surface area contributed by atoms with Gasteiger partial charge in [0.25, 0.3) is 23.6 Å². The average molecular weight is 430 g/mol. The van der Waals surface area contributed by atoms with Crippen LogP contribution >= 0.6 is 0 Å². The van der Waals surface area contributed by atoms with E-state index < -0.39 is 23.6 Å². The molecule has 2 aliphatic heterocycles. The minimum absolute atomic E-state index is 0.0923. The smallest absolute Gasteiger partial charge is 0.279 e. The summed E-state index contributed by atoms with van der Waals surface area (Å²) in [7, 11) is 0. The third-order valence-corrected chi connectivity index (χ3v) is 5.10. The maximum Gasteiger partial charge on any atom is 0.279 e. The number of hydrogen-bond acceptors (Lipinski definition) is 8. The van der Waals surface area contributed by atoms with Crippen molar-refractivity contribution in [2.24, 2.45) is 11.7 Å². The summed E-state index contributed by atoms with van der Waals surface area (Å²) >= 11 is 0. The first kappa shape index (κ1) is 19.4. The molecule has 158 valence electrons. The van der Waals surface area contributed by atoms with Gasteiger partial charge in [-0.25, -0.2) is 21.7 Å². The highest BCUT2D eigenvalue weighted by atomic mass is 16.5. The van der Waals surface area contributed by atoms with Gasteiger partial charge in [0.05, 0.1) is 22.3 Å². The average Bonchev–Trinajstić information content (AvgIpc) is 3.16. The van der Waals surface area contributed by atoms with E-state index in [2.05, 4.69) is 0 Å². The molecule has 0 aromatic heterocycles. The zero-order chi connectivity index (χ0) is 22.6. The molecular weight excluding hydrogens is 416 g/mol. The SMILES string of the molecule is NN1C(=O)c2cccc(Oc3ccc(Oc4cccc5c4C(=O)N(N)C5=O)cc3)c2C1=O. The van der Waals surface area contributed by atoms with E-state index in [1.165, 1.54) is 12.1 Å². The van der Waals surface area contributed by atoms with E-state index in [1.807, 2.05) is 0 Å². The van der Waals surface area contributed by atoms with Crippen molar-refractivity contribution in [2.75, 3.05) is 0 Å². The number of imide groups is 2. The lowest BCUT2D eigenvalue weighted by Gasteiger charge is -2.11. The van der Waals surface area contributed by atoms with Gasteiger partial charge < -0.3 is 9.47 Å². The summed E-state index contributed by atoms with van der Waals surface area (Å²) in [5.74, 6) is 9.64. The van der Waals surface area contributed by atoms with Crippen molar-refractivity contribution in [3.63, 3.8) is 0 Å². The Balaban J connectivity index is 1.39. The van der Waals surface area contributed by atoms with Gasteiger partial charge in [-0.2, -0.15) is 0 Å². The standard InChI is InChI=1S/C22H14N4O6/c23-25-19(27)13-3-1-5-15(17(13)21(25)29)31-11-7-9-12(10-8-11)32-16-6-2-4-14-18(16)22(30)26(24)20(14)28/h1-10H,23-24H2. The first-order valence-corrected chi connectivity index (χ1v) is 9.35. The molecule has 2 heterocycles. The number of hydrogen-bond donors (Lipinski definition) is 2. The Labute approximate surface area is 180 Å². The molecule has 4 amide bonds. The molecule has 0 atom stereocenters. The number of fused-ring (bicyclic) bond motifs is 2. The minimum atomic E-state index is -0.647. The summed E-state index contributed by atoms with van der Waals surface area (Å²) < 4.78 is 11.6. The zero-order valence-corrected chi connectivity index (χ0v) is 16.3. The molecule has 10 nitrogen and oxygen atoms in total. The minimum Gasteiger partial charge on any atom is -0.457 e. The molecule has 5 rings (SSSR count). The van der Waals surface area contributed by atoms with Crippen molar-refractivity contribution in [3.8, 4) is 23.0 Å². The number of benzene rings is 3. The number of carbonyl (C=O) groups is 4. The van der Waals surface area contributed by atoms with E-state index in [0.29, 0.717) is 21.5 Å². The molecule has 3 aromatic carbocycles. The highest BCUT2D eigenvalue weighted by Gasteiger charge is 2.37. The molecule has 10 heteroatoms. The van der Waals surface area contributed by atoms with Crippen LogP contribution in [0, 0.1) is 0 Å². The van der Waals surface area contributed by atoms with Crippen LogP contribution in [0.5, 0.6) is 23.0 Å². The van der Waals surface area contributed by atoms with Gasteiger partial charge in [-0.3, -0.25) is 19.2 Å². The first-order valence-electron chi connectivity index (χ1n) is 9.35. The Kier molecular flexibility index (Phi) is 4.26. The summed E-state index contributed by atoms with van der Waals surface area (Å²) in [6.07, 6.45) is 0. The largest absolute Gasteiger partial charge is 0.457 e. The van der Waals surface area contributed by atoms with Crippen LogP contribution in [0.4, 0.5) is 0 Å². The zero-order valence-electron chi connectivity index (χ0n) is 16.3. The van der Waals surface area contributed by atoms with Crippen molar-refractivity contribution >= 4 is 23.6 Å². The van der Waals surface area contributed by atoms with Gasteiger partial charge in [0.1, 0.15) is 23.0 Å². The van der Waals surface area contributed by atoms with E-state index in [0.717, 1.165) is 0 Å². The number of carbonyl (C=O) groups excluding carboxylic acids is 4. The molecule has 0 unspecified atom stereocenters. The quantitative estimate of drug-likeness (QED) is 0.364. The van der Waals surface area contributed by atoms with Crippen LogP contribution in [0.25, 0.3) is 0 Å². The molecule has 0 spiro atoms. The van der Waals surface area contributed by atoms with Gasteiger partial charge in [0.15, 0.2) is 0 Å². The number of hydrazine groups is 2. The molecule has 0 saturated carbocycles. The summed E-state index contributed by atoms with van der Waals surface area (Å²) in [6.45, 7) is 0. The van der Waals surface area contributed by atoms with Crippen molar-refractivity contribution < 1.29 is 28.7 Å². The Morgan fingerprint density at radius 3 is 1.28 bits per heavy atom. The monoisotopic (exact) mass is 430 g/mol. The number of amides is 4. The topological polar surface area (TPSA) is 145 Å². The second-order valence-electron chi connectivity index (χ2n) is 6.99. The Bertz CT molecular complexity index is 1230. The second-order valence-corrected chi connectivity index (χ2v) is 6.99. The molecule has 0 saturated heterocycles. The summed E-state index contributed by atoms with van der Waals surface area (Å²) in [6, 6.07) is 15.6. The lowest BCUT2D eigenvalue weighted by molar-refractivity contribution is 0.0638. The third-order valence-electron chi connectivity index (χ3n) is 5.10. The molecule has 0 aliphatic carbocycles. The van der Waals surface area contributed by atoms with Crippen LogP contribution in [0.15, 0.2) is 60.7 Å². The molecule has 32 heavy (non-hydrogen) atoms. The van der Waals surface area contributed by atoms with Crippen LogP contribution in [0.1, 0.15) is 41.4 Å². The molecule has 3 aromatic rings.